The van der Waals surface area contributed by atoms with E-state index >= 15 is 0 Å². The van der Waals surface area contributed by atoms with Gasteiger partial charge in [0, 0.05) is 44.2 Å². The predicted octanol–water partition coefficient (Wildman–Crippen LogP) is 19.0. The second kappa shape index (κ2) is 16.5. The molecule has 0 N–H and O–H groups in total. The van der Waals surface area contributed by atoms with Crippen LogP contribution in [-0.4, -0.2) is 9.13 Å². The van der Waals surface area contributed by atoms with Crippen molar-refractivity contribution in [3.63, 3.8) is 0 Å². The van der Waals surface area contributed by atoms with Gasteiger partial charge in [-0.25, -0.2) is 0 Å². The molecule has 1 atom stereocenters. The fraction of sp³-hybridized carbons (Fsp3) is 0.0137. The molecule has 0 radical (unpaired) electrons. The van der Waals surface area contributed by atoms with Gasteiger partial charge in [-0.3, -0.25) is 0 Å². The number of aromatic nitrogens is 2. The van der Waals surface area contributed by atoms with E-state index in [0.717, 1.165) is 33.9 Å². The number of hydrogen-bond donors (Lipinski definition) is 0. The van der Waals surface area contributed by atoms with Crippen molar-refractivity contribution in [1.82, 2.24) is 9.13 Å². The Morgan fingerprint density at radius 2 is 0.803 bits per heavy atom. The first-order valence-electron chi connectivity index (χ1n) is 26.3. The number of fused-ring (bicyclic) bond motifs is 15. The van der Waals surface area contributed by atoms with Crippen molar-refractivity contribution in [1.29, 1.82) is 0 Å². The summed E-state index contributed by atoms with van der Waals surface area (Å²) in [4.78, 5) is 2.47. The molecule has 3 heteroatoms. The van der Waals surface area contributed by atoms with Gasteiger partial charge < -0.3 is 14.0 Å². The fourth-order valence-electron chi connectivity index (χ4n) is 13.3. The molecule has 354 valence electrons. The first-order valence-corrected chi connectivity index (χ1v) is 26.3. The molecular formula is C73H47N3. The van der Waals surface area contributed by atoms with Crippen LogP contribution in [0.2, 0.25) is 0 Å². The van der Waals surface area contributed by atoms with E-state index in [-0.39, 0.29) is 0 Å². The maximum absolute atomic E-state index is 2.52. The standard InChI is InChI=1S/C73H47N3/c1-3-18-48(19-4-1)49-34-36-51(37-35-49)56-22-8-13-30-67(56)74(54-41-38-50(39-42-54)52-40-45-70-62(46-52)59-25-10-14-31-68(59)75(70)53-20-5-2-6-21-53)55-43-44-64-61(47-55)57-23-7-11-27-63(57)73(64)65-28-12-16-33-71(65)76-69-32-15-9-24-58(69)60-26-17-29-66(73)72(60)76/h1-47H. The van der Waals surface area contributed by atoms with E-state index in [1.165, 1.54) is 105 Å². The molecule has 3 nitrogen and oxygen atoms in total. The number of benzene rings is 12. The van der Waals surface area contributed by atoms with Gasteiger partial charge in [0.15, 0.2) is 0 Å². The summed E-state index contributed by atoms with van der Waals surface area (Å²) in [6.07, 6.45) is 0. The Morgan fingerprint density at radius 3 is 1.61 bits per heavy atom. The highest BCUT2D eigenvalue weighted by molar-refractivity contribution is 6.13. The summed E-state index contributed by atoms with van der Waals surface area (Å²) in [6, 6.07) is 106. The van der Waals surface area contributed by atoms with Crippen molar-refractivity contribution in [2.75, 3.05) is 4.90 Å². The van der Waals surface area contributed by atoms with Gasteiger partial charge in [0.1, 0.15) is 0 Å². The van der Waals surface area contributed by atoms with Gasteiger partial charge in [-0.15, -0.1) is 0 Å². The first kappa shape index (κ1) is 42.5. The van der Waals surface area contributed by atoms with Crippen molar-refractivity contribution >= 4 is 60.7 Å². The van der Waals surface area contributed by atoms with Crippen LogP contribution in [0.1, 0.15) is 22.3 Å². The lowest BCUT2D eigenvalue weighted by Crippen LogP contribution is -2.33. The normalized spacial score (nSPS) is 14.1. The van der Waals surface area contributed by atoms with Crippen LogP contribution < -0.4 is 4.90 Å². The predicted molar refractivity (Wildman–Crippen MR) is 317 cm³/mol. The van der Waals surface area contributed by atoms with Crippen LogP contribution in [-0.2, 0) is 5.41 Å². The van der Waals surface area contributed by atoms with Crippen LogP contribution in [0.15, 0.2) is 285 Å². The Morgan fingerprint density at radius 1 is 0.276 bits per heavy atom. The molecule has 2 aliphatic rings. The van der Waals surface area contributed by atoms with Crippen LogP contribution in [0.25, 0.3) is 99.5 Å². The van der Waals surface area contributed by atoms with Gasteiger partial charge in [-0.1, -0.05) is 212 Å². The van der Waals surface area contributed by atoms with E-state index in [4.69, 9.17) is 0 Å². The van der Waals surface area contributed by atoms with Gasteiger partial charge in [0.2, 0.25) is 0 Å². The number of para-hydroxylation sites is 6. The van der Waals surface area contributed by atoms with E-state index in [1.807, 2.05) is 0 Å². The van der Waals surface area contributed by atoms with Crippen LogP contribution in [0, 0.1) is 0 Å². The van der Waals surface area contributed by atoms with Crippen LogP contribution in [0.5, 0.6) is 0 Å². The Kier molecular flexibility index (Phi) is 9.25. The number of nitrogens with zero attached hydrogens (tertiary/aromatic N) is 3. The molecule has 1 aliphatic heterocycles. The summed E-state index contributed by atoms with van der Waals surface area (Å²) in [5, 5.41) is 5.05. The van der Waals surface area contributed by atoms with Crippen molar-refractivity contribution in [3.8, 4) is 55.9 Å². The lowest BCUT2D eigenvalue weighted by Gasteiger charge is -2.39. The molecule has 0 amide bonds. The summed E-state index contributed by atoms with van der Waals surface area (Å²) in [6.45, 7) is 0. The van der Waals surface area contributed by atoms with E-state index in [2.05, 4.69) is 299 Å². The molecule has 0 saturated carbocycles. The van der Waals surface area contributed by atoms with Gasteiger partial charge in [-0.2, -0.15) is 0 Å². The number of rotatable bonds is 7. The molecule has 0 fully saturated rings. The molecule has 1 aliphatic carbocycles. The topological polar surface area (TPSA) is 13.1 Å². The van der Waals surface area contributed by atoms with Crippen LogP contribution >= 0.6 is 0 Å². The number of anilines is 3. The van der Waals surface area contributed by atoms with Crippen LogP contribution in [0.4, 0.5) is 17.1 Å². The van der Waals surface area contributed by atoms with Crippen molar-refractivity contribution in [3.05, 3.63) is 307 Å². The minimum absolute atomic E-state index is 0.537. The van der Waals surface area contributed by atoms with Crippen LogP contribution in [0.3, 0.4) is 0 Å². The lowest BCUT2D eigenvalue weighted by molar-refractivity contribution is 0.748. The molecule has 1 spiro atoms. The summed E-state index contributed by atoms with van der Waals surface area (Å²) >= 11 is 0. The Balaban J connectivity index is 0.885. The molecule has 0 bridgehead atoms. The SMILES string of the molecule is c1ccc(-c2ccc(-c3ccccc3N(c3ccc(-c4ccc5c(c4)c4ccccc4n5-c4ccccc4)cc3)c3ccc4c(c3)-c3ccccc3C43c4ccccc4-n4c5ccccc5c5cccc3c54)cc2)cc1. The monoisotopic (exact) mass is 965 g/mol. The largest absolute Gasteiger partial charge is 0.310 e. The van der Waals surface area contributed by atoms with E-state index < -0.39 is 5.41 Å². The summed E-state index contributed by atoms with van der Waals surface area (Å²) < 4.78 is 4.90. The maximum Gasteiger partial charge on any atom is 0.0754 e. The van der Waals surface area contributed by atoms with E-state index in [1.54, 1.807) is 0 Å². The minimum Gasteiger partial charge on any atom is -0.310 e. The molecule has 12 aromatic carbocycles. The third-order valence-corrected chi connectivity index (χ3v) is 16.5. The lowest BCUT2D eigenvalue weighted by atomic mass is 9.65. The highest BCUT2D eigenvalue weighted by Gasteiger charge is 2.51. The zero-order valence-electron chi connectivity index (χ0n) is 41.5. The summed E-state index contributed by atoms with van der Waals surface area (Å²) in [5.74, 6) is 0. The Labute approximate surface area is 441 Å². The molecule has 2 aromatic heterocycles. The smallest absolute Gasteiger partial charge is 0.0754 e. The maximum atomic E-state index is 2.52. The zero-order valence-corrected chi connectivity index (χ0v) is 41.5. The summed E-state index contributed by atoms with van der Waals surface area (Å²) in [5.41, 5.74) is 24.9. The van der Waals surface area contributed by atoms with Crippen molar-refractivity contribution in [2.24, 2.45) is 0 Å². The van der Waals surface area contributed by atoms with E-state index in [0.29, 0.717) is 0 Å². The number of hydrogen-bond acceptors (Lipinski definition) is 1. The zero-order chi connectivity index (χ0) is 49.9. The molecule has 1 unspecified atom stereocenters. The molecule has 16 rings (SSSR count). The Hall–Kier alpha value is -9.96. The van der Waals surface area contributed by atoms with E-state index in [9.17, 15) is 0 Å². The van der Waals surface area contributed by atoms with Crippen molar-refractivity contribution in [2.45, 2.75) is 5.41 Å². The first-order chi connectivity index (χ1) is 37.7. The average Bonchev–Trinajstić information content (AvgIpc) is 4.13. The quantitative estimate of drug-likeness (QED) is 0.155. The van der Waals surface area contributed by atoms with Crippen molar-refractivity contribution < 1.29 is 0 Å². The second-order valence-electron chi connectivity index (χ2n) is 20.4. The molecule has 0 saturated heterocycles. The fourth-order valence-corrected chi connectivity index (χ4v) is 13.3. The molecule has 14 aromatic rings. The third-order valence-electron chi connectivity index (χ3n) is 16.5. The highest BCUT2D eigenvalue weighted by atomic mass is 15.1. The highest BCUT2D eigenvalue weighted by Crippen LogP contribution is 2.62. The third kappa shape index (κ3) is 6.05. The molecule has 3 heterocycles. The van der Waals surface area contributed by atoms with Gasteiger partial charge in [0.05, 0.1) is 38.9 Å². The molecule has 76 heavy (non-hydrogen) atoms. The molecular weight excluding hydrogens is 919 g/mol. The van der Waals surface area contributed by atoms with Gasteiger partial charge in [-0.05, 0) is 134 Å². The van der Waals surface area contributed by atoms with Gasteiger partial charge in [0.25, 0.3) is 0 Å². The van der Waals surface area contributed by atoms with Gasteiger partial charge >= 0.3 is 0 Å². The second-order valence-corrected chi connectivity index (χ2v) is 20.4. The Bertz CT molecular complexity index is 4620. The summed E-state index contributed by atoms with van der Waals surface area (Å²) in [7, 11) is 0. The average molecular weight is 966 g/mol. The minimum atomic E-state index is -0.537.